The van der Waals surface area contributed by atoms with Crippen LogP contribution in [0.3, 0.4) is 0 Å². The van der Waals surface area contributed by atoms with E-state index in [2.05, 4.69) is 80.7 Å². The number of fused-ring (bicyclic) bond motifs is 2. The molecule has 4 amide bonds. The van der Waals surface area contributed by atoms with Crippen LogP contribution in [0.1, 0.15) is 107 Å². The molecule has 2 unspecified atom stereocenters. The number of H-pyrrole nitrogens is 1. The summed E-state index contributed by atoms with van der Waals surface area (Å²) in [6, 6.07) is 23.1. The Morgan fingerprint density at radius 1 is 0.827 bits per heavy atom. The van der Waals surface area contributed by atoms with Crippen LogP contribution in [0.4, 0.5) is 5.69 Å². The first-order valence-electron chi connectivity index (χ1n) is 25.9. The van der Waals surface area contributed by atoms with Crippen LogP contribution >= 0.6 is 0 Å². The number of ether oxygens (including phenoxy) is 3. The number of hydrogen-bond donors (Lipinski definition) is 5. The molecule has 0 spiro atoms. The second kappa shape index (κ2) is 24.0. The predicted molar refractivity (Wildman–Crippen MR) is 288 cm³/mol. The molecule has 8 rings (SSSR count). The van der Waals surface area contributed by atoms with Crippen molar-refractivity contribution in [1.29, 1.82) is 0 Å². The van der Waals surface area contributed by atoms with Gasteiger partial charge in [0.1, 0.15) is 36.3 Å². The van der Waals surface area contributed by atoms with Crippen molar-refractivity contribution in [2.75, 3.05) is 44.9 Å². The number of rotatable bonds is 21. The summed E-state index contributed by atoms with van der Waals surface area (Å²) in [5.74, 6) is 0.616. The van der Waals surface area contributed by atoms with E-state index in [1.54, 1.807) is 0 Å². The third-order valence-corrected chi connectivity index (χ3v) is 14.0. The molecule has 4 heterocycles. The number of aryl methyl sites for hydroxylation is 3. The summed E-state index contributed by atoms with van der Waals surface area (Å²) in [7, 11) is 0. The molecule has 1 fully saturated rings. The fourth-order valence-electron chi connectivity index (χ4n) is 9.76. The highest BCUT2D eigenvalue weighted by Crippen LogP contribution is 2.42. The van der Waals surface area contributed by atoms with E-state index in [9.17, 15) is 24.3 Å². The summed E-state index contributed by atoms with van der Waals surface area (Å²) in [6.07, 6.45) is 3.17. The summed E-state index contributed by atoms with van der Waals surface area (Å²) < 4.78 is 19.4. The summed E-state index contributed by atoms with van der Waals surface area (Å²) in [5, 5.41) is 28.3. The number of nitrogens with zero attached hydrogens (tertiary/aromatic N) is 5. The van der Waals surface area contributed by atoms with Gasteiger partial charge in [0.05, 0.1) is 24.8 Å². The van der Waals surface area contributed by atoms with Crippen LogP contribution in [0.25, 0.3) is 17.0 Å². The average molecular weight is 1020 g/mol. The van der Waals surface area contributed by atoms with Crippen molar-refractivity contribution >= 4 is 40.7 Å². The fraction of sp³-hybridized carbons (Fsp3) is 0.431. The van der Waals surface area contributed by atoms with Gasteiger partial charge in [-0.1, -0.05) is 80.4 Å². The molecular weight excluding hydrogens is 951 g/mol. The van der Waals surface area contributed by atoms with Crippen molar-refractivity contribution in [2.45, 2.75) is 118 Å². The molecule has 5 aromatic rings. The van der Waals surface area contributed by atoms with E-state index in [0.717, 1.165) is 62.7 Å². The molecule has 2 aromatic heterocycles. The SMILES string of the molecule is CC1=C(C)C2=C(C1)n1c(C)nnc1C(CC(=O)Nc1ccc(OCCCOCCCOCC(=O)N[C@H](C(=O)N3CC(O)C[C@H]3C(=O)NCc3ccc(-c4[nH]ccc4C)cc3)C(C)(C)C)cc1)N=C2c1ccc(C)cc1. The number of likely N-dealkylation sites (tertiary alicyclic amines) is 1. The van der Waals surface area contributed by atoms with Gasteiger partial charge in [0.2, 0.25) is 23.6 Å². The number of carbonyl (C=O) groups is 4. The van der Waals surface area contributed by atoms with E-state index < -0.39 is 41.5 Å². The molecule has 4 atom stereocenters. The number of aromatic amines is 1. The smallest absolute Gasteiger partial charge is 0.246 e. The highest BCUT2D eigenvalue weighted by molar-refractivity contribution is 6.19. The Kier molecular flexibility index (Phi) is 17.3. The third kappa shape index (κ3) is 13.2. The number of aromatic nitrogens is 4. The Labute approximate surface area is 439 Å². The summed E-state index contributed by atoms with van der Waals surface area (Å²) in [4.78, 5) is 64.0. The molecule has 396 valence electrons. The van der Waals surface area contributed by atoms with Gasteiger partial charge < -0.3 is 45.2 Å². The monoisotopic (exact) mass is 1020 g/mol. The zero-order chi connectivity index (χ0) is 53.4. The van der Waals surface area contributed by atoms with Gasteiger partial charge in [0.25, 0.3) is 0 Å². The largest absolute Gasteiger partial charge is 0.494 e. The van der Waals surface area contributed by atoms with Gasteiger partial charge in [0, 0.05) is 86.6 Å². The first-order valence-corrected chi connectivity index (χ1v) is 25.9. The molecule has 0 bridgehead atoms. The van der Waals surface area contributed by atoms with Crippen molar-refractivity contribution < 1.29 is 38.5 Å². The molecule has 75 heavy (non-hydrogen) atoms. The van der Waals surface area contributed by atoms with Crippen LogP contribution in [0.15, 0.2) is 107 Å². The Bertz CT molecular complexity index is 2950. The summed E-state index contributed by atoms with van der Waals surface area (Å²) in [5.41, 5.74) is 11.7. The quantitative estimate of drug-likeness (QED) is 0.0451. The van der Waals surface area contributed by atoms with Gasteiger partial charge >= 0.3 is 0 Å². The van der Waals surface area contributed by atoms with E-state index in [-0.39, 0.29) is 51.0 Å². The van der Waals surface area contributed by atoms with Crippen molar-refractivity contribution in [3.05, 3.63) is 136 Å². The molecule has 0 saturated carbocycles. The van der Waals surface area contributed by atoms with Crippen LogP contribution in [0.5, 0.6) is 5.75 Å². The average Bonchev–Trinajstić information content (AvgIpc) is 4.15. The number of amides is 4. The number of carbonyl (C=O) groups excluding carboxylic acids is 4. The van der Waals surface area contributed by atoms with Gasteiger partial charge in [0.15, 0.2) is 5.82 Å². The second-order valence-electron chi connectivity index (χ2n) is 20.9. The molecule has 17 heteroatoms. The van der Waals surface area contributed by atoms with Gasteiger partial charge in [-0.15, -0.1) is 10.2 Å². The minimum absolute atomic E-state index is 0.0138. The summed E-state index contributed by atoms with van der Waals surface area (Å²) in [6.45, 7) is 17.4. The maximum Gasteiger partial charge on any atom is 0.246 e. The fourth-order valence-corrected chi connectivity index (χ4v) is 9.76. The lowest BCUT2D eigenvalue weighted by molar-refractivity contribution is -0.144. The molecule has 5 N–H and O–H groups in total. The first-order chi connectivity index (χ1) is 35.9. The lowest BCUT2D eigenvalue weighted by Gasteiger charge is -2.35. The van der Waals surface area contributed by atoms with Crippen LogP contribution < -0.4 is 20.7 Å². The first kappa shape index (κ1) is 54.1. The number of anilines is 1. The van der Waals surface area contributed by atoms with Gasteiger partial charge in [-0.2, -0.15) is 0 Å². The van der Waals surface area contributed by atoms with Gasteiger partial charge in [-0.05, 0) is 99.0 Å². The lowest BCUT2D eigenvalue weighted by Crippen LogP contribution is -2.58. The number of aliphatic imine (C=N–C) groups is 1. The number of benzene rings is 3. The maximum absolute atomic E-state index is 14.0. The number of allylic oxidation sites excluding steroid dienone is 4. The predicted octanol–water partition coefficient (Wildman–Crippen LogP) is 7.72. The van der Waals surface area contributed by atoms with Crippen LogP contribution in [0.2, 0.25) is 0 Å². The normalized spacial score (nSPS) is 17.8. The molecule has 3 aliphatic rings. The van der Waals surface area contributed by atoms with E-state index >= 15 is 0 Å². The zero-order valence-corrected chi connectivity index (χ0v) is 44.4. The highest BCUT2D eigenvalue weighted by atomic mass is 16.5. The molecule has 1 aliphatic carbocycles. The number of hydrogen-bond acceptors (Lipinski definition) is 11. The van der Waals surface area contributed by atoms with Crippen molar-refractivity contribution in [1.82, 2.24) is 35.3 Å². The number of aliphatic hydroxyl groups is 1. The number of aliphatic hydroxyl groups excluding tert-OH is 1. The Morgan fingerprint density at radius 3 is 2.21 bits per heavy atom. The third-order valence-electron chi connectivity index (χ3n) is 14.0. The standard InChI is InChI=1S/C58H71N9O8/c1-35-11-15-42(16-12-35)53-51-38(4)37(3)29-47(51)67-39(5)64-65-55(67)46(62-53)31-49(69)61-43-19-21-45(22-20-43)75-28-10-26-73-25-9-27-74-34-50(70)63-54(58(6,7)8)57(72)66-33-44(68)30-48(66)56(71)60-32-40-13-17-41(18-14-40)52-36(2)23-24-59-52/h11-24,44,46,48,54,59,68H,9-10,25-34H2,1-8H3,(H,60,71)(H,61,69)(H,63,70)/t44?,46?,48-,54+/m0/s1. The van der Waals surface area contributed by atoms with Crippen LogP contribution in [-0.4, -0.2) is 117 Å². The minimum Gasteiger partial charge on any atom is -0.494 e. The van der Waals surface area contributed by atoms with Gasteiger partial charge in [-0.3, -0.25) is 28.7 Å². The highest BCUT2D eigenvalue weighted by Gasteiger charge is 2.44. The van der Waals surface area contributed by atoms with Crippen molar-refractivity contribution in [3.8, 4) is 17.0 Å². The summed E-state index contributed by atoms with van der Waals surface area (Å²) >= 11 is 0. The van der Waals surface area contributed by atoms with Crippen molar-refractivity contribution in [2.24, 2.45) is 10.4 Å². The van der Waals surface area contributed by atoms with E-state index in [0.29, 0.717) is 49.9 Å². The van der Waals surface area contributed by atoms with Crippen LogP contribution in [-0.2, 0) is 35.2 Å². The zero-order valence-electron chi connectivity index (χ0n) is 44.4. The van der Waals surface area contributed by atoms with E-state index in [1.807, 2.05) is 95.4 Å². The van der Waals surface area contributed by atoms with Gasteiger partial charge in [-0.25, -0.2) is 0 Å². The van der Waals surface area contributed by atoms with Crippen LogP contribution in [0, 0.1) is 26.2 Å². The topological polar surface area (TPSA) is 214 Å². The molecule has 0 radical (unpaired) electrons. The Hall–Kier alpha value is -7.21. The second-order valence-corrected chi connectivity index (χ2v) is 20.9. The van der Waals surface area contributed by atoms with E-state index in [1.165, 1.54) is 16.0 Å². The Morgan fingerprint density at radius 2 is 1.52 bits per heavy atom. The molecule has 2 aliphatic heterocycles. The minimum atomic E-state index is -0.959. The van der Waals surface area contributed by atoms with Crippen molar-refractivity contribution in [3.63, 3.8) is 0 Å². The molecule has 17 nitrogen and oxygen atoms in total. The van der Waals surface area contributed by atoms with E-state index in [4.69, 9.17) is 19.2 Å². The number of nitrogens with one attached hydrogen (secondary N) is 4. The molecule has 1 saturated heterocycles. The molecule has 3 aromatic carbocycles. The lowest BCUT2D eigenvalue weighted by atomic mass is 9.85. The number of β-amino-alcohol motifs (C(OH)–C–C–N with tert-alkyl or cyclic N) is 1. The molecular formula is C58H71N9O8. The maximum atomic E-state index is 14.0. The Balaban J connectivity index is 0.721.